The zero-order chi connectivity index (χ0) is 22.8. The molecule has 0 saturated heterocycles. The Kier molecular flexibility index (Phi) is 9.50. The lowest BCUT2D eigenvalue weighted by Crippen LogP contribution is -2.32. The van der Waals surface area contributed by atoms with Crippen molar-refractivity contribution < 1.29 is 14.3 Å². The second-order valence-electron chi connectivity index (χ2n) is 8.17. The van der Waals surface area contributed by atoms with Crippen LogP contribution in [0.2, 0.25) is 0 Å². The van der Waals surface area contributed by atoms with Crippen LogP contribution in [0, 0.1) is 5.92 Å². The van der Waals surface area contributed by atoms with E-state index in [-0.39, 0.29) is 5.97 Å². The Labute approximate surface area is 195 Å². The summed E-state index contributed by atoms with van der Waals surface area (Å²) < 4.78 is 12.1. The van der Waals surface area contributed by atoms with Crippen molar-refractivity contribution in [3.8, 4) is 10.9 Å². The molecule has 5 nitrogen and oxygen atoms in total. The SMILES string of the molecule is CCOC(=O)CCCN(CCc1ccc(Oc2nc3ccccc3s2)cc1)CC(C)CC. The molecule has 3 rings (SSSR count). The van der Waals surface area contributed by atoms with Crippen LogP contribution in [0.4, 0.5) is 0 Å². The van der Waals surface area contributed by atoms with Crippen molar-refractivity contribution in [3.05, 3.63) is 54.1 Å². The van der Waals surface area contributed by atoms with Crippen LogP contribution in [-0.2, 0) is 16.0 Å². The molecule has 32 heavy (non-hydrogen) atoms. The molecule has 0 aliphatic carbocycles. The van der Waals surface area contributed by atoms with E-state index in [1.165, 1.54) is 5.56 Å². The molecule has 0 fully saturated rings. The second kappa shape index (κ2) is 12.6. The van der Waals surface area contributed by atoms with Crippen molar-refractivity contribution in [2.45, 2.75) is 46.5 Å². The summed E-state index contributed by atoms with van der Waals surface area (Å²) in [7, 11) is 0. The average molecular weight is 455 g/mol. The minimum atomic E-state index is -0.0975. The van der Waals surface area contributed by atoms with Gasteiger partial charge in [0, 0.05) is 19.5 Å². The molecular formula is C26H34N2O3S. The highest BCUT2D eigenvalue weighted by Crippen LogP contribution is 2.31. The van der Waals surface area contributed by atoms with Crippen LogP contribution in [0.15, 0.2) is 48.5 Å². The fraction of sp³-hybridized carbons (Fsp3) is 0.462. The Morgan fingerprint density at radius 1 is 1.09 bits per heavy atom. The van der Waals surface area contributed by atoms with Crippen LogP contribution in [0.3, 0.4) is 0 Å². The number of para-hydroxylation sites is 1. The number of esters is 1. The number of carbonyl (C=O) groups excluding carboxylic acids is 1. The molecule has 172 valence electrons. The van der Waals surface area contributed by atoms with Crippen molar-refractivity contribution in [2.75, 3.05) is 26.2 Å². The standard InChI is InChI=1S/C26H34N2O3S/c1-4-20(3)19-28(17-8-11-25(29)30-5-2)18-16-21-12-14-22(15-13-21)31-26-27-23-9-6-7-10-24(23)32-26/h6-7,9-10,12-15,20H,4-5,8,11,16-19H2,1-3H3. The second-order valence-corrected chi connectivity index (χ2v) is 9.16. The topological polar surface area (TPSA) is 51.7 Å². The minimum Gasteiger partial charge on any atom is -0.466 e. The van der Waals surface area contributed by atoms with Gasteiger partial charge in [-0.15, -0.1) is 0 Å². The first-order valence-electron chi connectivity index (χ1n) is 11.6. The van der Waals surface area contributed by atoms with Crippen molar-refractivity contribution in [1.29, 1.82) is 0 Å². The lowest BCUT2D eigenvalue weighted by Gasteiger charge is -2.25. The van der Waals surface area contributed by atoms with Crippen LogP contribution in [-0.4, -0.2) is 42.1 Å². The Morgan fingerprint density at radius 2 is 1.88 bits per heavy atom. The van der Waals surface area contributed by atoms with Gasteiger partial charge in [-0.2, -0.15) is 0 Å². The van der Waals surface area contributed by atoms with Gasteiger partial charge in [-0.3, -0.25) is 4.79 Å². The zero-order valence-electron chi connectivity index (χ0n) is 19.4. The lowest BCUT2D eigenvalue weighted by molar-refractivity contribution is -0.143. The van der Waals surface area contributed by atoms with Gasteiger partial charge < -0.3 is 14.4 Å². The van der Waals surface area contributed by atoms with Gasteiger partial charge in [-0.25, -0.2) is 4.98 Å². The molecular weight excluding hydrogens is 420 g/mol. The molecule has 0 saturated carbocycles. The summed E-state index contributed by atoms with van der Waals surface area (Å²) in [6.45, 7) is 9.76. The molecule has 3 aromatic rings. The average Bonchev–Trinajstić information content (AvgIpc) is 3.20. The van der Waals surface area contributed by atoms with Gasteiger partial charge in [0.1, 0.15) is 5.75 Å². The van der Waals surface area contributed by atoms with Crippen molar-refractivity contribution in [1.82, 2.24) is 9.88 Å². The van der Waals surface area contributed by atoms with E-state index in [0.717, 1.165) is 54.9 Å². The van der Waals surface area contributed by atoms with Gasteiger partial charge in [0.15, 0.2) is 0 Å². The van der Waals surface area contributed by atoms with E-state index in [0.29, 0.717) is 24.1 Å². The number of ether oxygens (including phenoxy) is 2. The largest absolute Gasteiger partial charge is 0.466 e. The smallest absolute Gasteiger partial charge is 0.305 e. The summed E-state index contributed by atoms with van der Waals surface area (Å²) in [4.78, 5) is 18.6. The molecule has 0 aliphatic rings. The Balaban J connectivity index is 1.51. The van der Waals surface area contributed by atoms with E-state index >= 15 is 0 Å². The number of carbonyl (C=O) groups is 1. The van der Waals surface area contributed by atoms with Gasteiger partial charge in [-0.1, -0.05) is 55.9 Å². The van der Waals surface area contributed by atoms with Gasteiger partial charge in [0.25, 0.3) is 5.19 Å². The third kappa shape index (κ3) is 7.61. The Hall–Kier alpha value is -2.44. The molecule has 6 heteroatoms. The number of hydrogen-bond acceptors (Lipinski definition) is 6. The number of fused-ring (bicyclic) bond motifs is 1. The fourth-order valence-corrected chi connectivity index (χ4v) is 4.39. The van der Waals surface area contributed by atoms with Gasteiger partial charge in [-0.05, 0) is 62.1 Å². The molecule has 0 bridgehead atoms. The van der Waals surface area contributed by atoms with Crippen LogP contribution in [0.5, 0.6) is 10.9 Å². The van der Waals surface area contributed by atoms with E-state index in [1.54, 1.807) is 11.3 Å². The normalized spacial score (nSPS) is 12.2. The third-order valence-electron chi connectivity index (χ3n) is 5.55. The maximum absolute atomic E-state index is 11.6. The van der Waals surface area contributed by atoms with Gasteiger partial charge >= 0.3 is 5.97 Å². The van der Waals surface area contributed by atoms with Crippen LogP contribution in [0.25, 0.3) is 10.2 Å². The minimum absolute atomic E-state index is 0.0975. The Bertz CT molecular complexity index is 938. The van der Waals surface area contributed by atoms with E-state index < -0.39 is 0 Å². The number of benzene rings is 2. The number of hydrogen-bond donors (Lipinski definition) is 0. The van der Waals surface area contributed by atoms with Crippen molar-refractivity contribution in [3.63, 3.8) is 0 Å². The third-order valence-corrected chi connectivity index (χ3v) is 6.46. The number of aromatic nitrogens is 1. The first-order chi connectivity index (χ1) is 15.6. The molecule has 0 spiro atoms. The van der Waals surface area contributed by atoms with E-state index in [2.05, 4.69) is 41.9 Å². The molecule has 0 aliphatic heterocycles. The van der Waals surface area contributed by atoms with Crippen LogP contribution < -0.4 is 4.74 Å². The summed E-state index contributed by atoms with van der Waals surface area (Å²) in [5.74, 6) is 1.35. The van der Waals surface area contributed by atoms with Crippen molar-refractivity contribution in [2.24, 2.45) is 5.92 Å². The molecule has 1 unspecified atom stereocenters. The molecule has 1 heterocycles. The highest BCUT2D eigenvalue weighted by molar-refractivity contribution is 7.20. The predicted molar refractivity (Wildman–Crippen MR) is 132 cm³/mol. The first-order valence-corrected chi connectivity index (χ1v) is 12.4. The highest BCUT2D eigenvalue weighted by atomic mass is 32.1. The quantitative estimate of drug-likeness (QED) is 0.283. The van der Waals surface area contributed by atoms with E-state index in [1.807, 2.05) is 37.3 Å². The zero-order valence-corrected chi connectivity index (χ0v) is 20.2. The first kappa shape index (κ1) is 24.2. The predicted octanol–water partition coefficient (Wildman–Crippen LogP) is 6.32. The molecule has 1 atom stereocenters. The van der Waals surface area contributed by atoms with Crippen molar-refractivity contribution >= 4 is 27.5 Å². The molecule has 0 N–H and O–H groups in total. The molecule has 0 amide bonds. The summed E-state index contributed by atoms with van der Waals surface area (Å²) in [5, 5.41) is 0.667. The summed E-state index contributed by atoms with van der Waals surface area (Å²) in [6.07, 6.45) is 3.45. The summed E-state index contributed by atoms with van der Waals surface area (Å²) >= 11 is 1.56. The van der Waals surface area contributed by atoms with Crippen LogP contribution >= 0.6 is 11.3 Å². The van der Waals surface area contributed by atoms with Gasteiger partial charge in [0.05, 0.1) is 16.8 Å². The van der Waals surface area contributed by atoms with Gasteiger partial charge in [0.2, 0.25) is 0 Å². The summed E-state index contributed by atoms with van der Waals surface area (Å²) in [6, 6.07) is 16.3. The van der Waals surface area contributed by atoms with Crippen LogP contribution in [0.1, 0.15) is 45.6 Å². The van der Waals surface area contributed by atoms with E-state index in [9.17, 15) is 4.79 Å². The number of rotatable bonds is 13. The number of nitrogens with zero attached hydrogens (tertiary/aromatic N) is 2. The molecule has 2 aromatic carbocycles. The maximum atomic E-state index is 11.6. The monoisotopic (exact) mass is 454 g/mol. The molecule has 0 radical (unpaired) electrons. The fourth-order valence-electron chi connectivity index (χ4n) is 3.55. The highest BCUT2D eigenvalue weighted by Gasteiger charge is 2.11. The maximum Gasteiger partial charge on any atom is 0.305 e. The number of thiazole rings is 1. The lowest BCUT2D eigenvalue weighted by atomic mass is 10.1. The van der Waals surface area contributed by atoms with E-state index in [4.69, 9.17) is 9.47 Å². The molecule has 1 aromatic heterocycles. The Morgan fingerprint density at radius 3 is 2.59 bits per heavy atom. The summed E-state index contributed by atoms with van der Waals surface area (Å²) in [5.41, 5.74) is 2.25.